The van der Waals surface area contributed by atoms with Gasteiger partial charge in [-0.15, -0.1) is 0 Å². The number of nitrogens with one attached hydrogen (secondary N) is 1. The molecule has 0 aliphatic rings. The van der Waals surface area contributed by atoms with Crippen molar-refractivity contribution in [3.8, 4) is 11.4 Å². The molecule has 0 atom stereocenters. The number of hydrogen-bond donors (Lipinski definition) is 1. The zero-order chi connectivity index (χ0) is 13.5. The van der Waals surface area contributed by atoms with Crippen molar-refractivity contribution in [1.82, 2.24) is 14.8 Å². The predicted molar refractivity (Wildman–Crippen MR) is 83.2 cm³/mol. The first-order valence-electron chi connectivity index (χ1n) is 5.44. The summed E-state index contributed by atoms with van der Waals surface area (Å²) < 4.78 is 4.65. The standard InChI is InChI=1S/C12H13Br2N3S/c1-12(2,3)17-10(15-16-11(17)18)8-6-7(13)4-5-9(8)14/h4-6H,1-3H3,(H,16,18). The molecule has 1 aromatic heterocycles. The van der Waals surface area contributed by atoms with E-state index in [-0.39, 0.29) is 5.54 Å². The zero-order valence-corrected chi connectivity index (χ0v) is 14.3. The summed E-state index contributed by atoms with van der Waals surface area (Å²) in [6, 6.07) is 6.00. The maximum Gasteiger partial charge on any atom is 0.195 e. The molecule has 0 aliphatic heterocycles. The highest BCUT2D eigenvalue weighted by Gasteiger charge is 2.21. The van der Waals surface area contributed by atoms with Crippen LogP contribution in [0.4, 0.5) is 0 Å². The third kappa shape index (κ3) is 2.60. The Kier molecular flexibility index (Phi) is 3.80. The van der Waals surface area contributed by atoms with Crippen molar-refractivity contribution in [1.29, 1.82) is 0 Å². The first kappa shape index (κ1) is 14.0. The Morgan fingerprint density at radius 1 is 1.28 bits per heavy atom. The highest BCUT2D eigenvalue weighted by Crippen LogP contribution is 2.32. The van der Waals surface area contributed by atoms with Crippen molar-refractivity contribution in [3.63, 3.8) is 0 Å². The first-order chi connectivity index (χ1) is 8.30. The van der Waals surface area contributed by atoms with E-state index >= 15 is 0 Å². The lowest BCUT2D eigenvalue weighted by molar-refractivity contribution is 0.395. The van der Waals surface area contributed by atoms with Crippen molar-refractivity contribution in [2.24, 2.45) is 0 Å². The van der Waals surface area contributed by atoms with Crippen LogP contribution in [0.15, 0.2) is 27.1 Å². The van der Waals surface area contributed by atoms with Gasteiger partial charge in [0.1, 0.15) is 0 Å². The van der Waals surface area contributed by atoms with Gasteiger partial charge < -0.3 is 0 Å². The predicted octanol–water partition coefficient (Wildman–Crippen LogP) is 4.89. The second kappa shape index (κ2) is 4.90. The highest BCUT2D eigenvalue weighted by molar-refractivity contribution is 9.11. The number of aromatic nitrogens is 3. The van der Waals surface area contributed by atoms with E-state index in [0.717, 1.165) is 20.3 Å². The lowest BCUT2D eigenvalue weighted by Gasteiger charge is -2.22. The fraction of sp³-hybridized carbons (Fsp3) is 0.333. The van der Waals surface area contributed by atoms with E-state index in [0.29, 0.717) is 4.77 Å². The number of nitrogens with zero attached hydrogens (tertiary/aromatic N) is 2. The minimum absolute atomic E-state index is 0.124. The zero-order valence-electron chi connectivity index (χ0n) is 10.3. The van der Waals surface area contributed by atoms with Crippen LogP contribution < -0.4 is 0 Å². The van der Waals surface area contributed by atoms with E-state index in [2.05, 4.69) is 62.8 Å². The maximum absolute atomic E-state index is 5.31. The molecule has 0 bridgehead atoms. The lowest BCUT2D eigenvalue weighted by atomic mass is 10.1. The number of halogens is 2. The van der Waals surface area contributed by atoms with Crippen molar-refractivity contribution in [3.05, 3.63) is 31.9 Å². The summed E-state index contributed by atoms with van der Waals surface area (Å²) in [7, 11) is 0. The Morgan fingerprint density at radius 3 is 2.56 bits per heavy atom. The largest absolute Gasteiger partial charge is 0.295 e. The van der Waals surface area contributed by atoms with Gasteiger partial charge in [-0.25, -0.2) is 0 Å². The Morgan fingerprint density at radius 2 is 1.94 bits per heavy atom. The van der Waals surface area contributed by atoms with Gasteiger partial charge in [-0.05, 0) is 51.2 Å². The molecule has 0 radical (unpaired) electrons. The number of benzene rings is 1. The number of aromatic amines is 1. The molecule has 0 saturated heterocycles. The summed E-state index contributed by atoms with van der Waals surface area (Å²) in [5, 5.41) is 7.22. The number of hydrogen-bond acceptors (Lipinski definition) is 2. The summed E-state index contributed by atoms with van der Waals surface area (Å²) in [4.78, 5) is 0. The van der Waals surface area contributed by atoms with Crippen molar-refractivity contribution >= 4 is 44.1 Å². The van der Waals surface area contributed by atoms with Crippen LogP contribution in [0.1, 0.15) is 20.8 Å². The van der Waals surface area contributed by atoms with E-state index in [1.807, 2.05) is 22.8 Å². The number of H-pyrrole nitrogens is 1. The second-order valence-corrected chi connectivity index (χ2v) is 7.14. The van der Waals surface area contributed by atoms with Crippen LogP contribution in [0.2, 0.25) is 0 Å². The lowest BCUT2D eigenvalue weighted by Crippen LogP contribution is -2.23. The van der Waals surface area contributed by atoms with Crippen molar-refractivity contribution in [2.75, 3.05) is 0 Å². The molecular weight excluding hydrogens is 378 g/mol. The van der Waals surface area contributed by atoms with E-state index < -0.39 is 0 Å². The van der Waals surface area contributed by atoms with Crippen LogP contribution in [0.25, 0.3) is 11.4 Å². The molecule has 1 aromatic carbocycles. The van der Waals surface area contributed by atoms with Gasteiger partial charge in [0, 0.05) is 20.0 Å². The normalized spacial score (nSPS) is 11.8. The van der Waals surface area contributed by atoms with Crippen LogP contribution >= 0.6 is 44.1 Å². The molecule has 0 spiro atoms. The molecule has 1 N–H and O–H groups in total. The molecule has 3 nitrogen and oxygen atoms in total. The van der Waals surface area contributed by atoms with E-state index in [4.69, 9.17) is 12.2 Å². The molecule has 96 valence electrons. The van der Waals surface area contributed by atoms with Crippen LogP contribution in [0.5, 0.6) is 0 Å². The van der Waals surface area contributed by atoms with Gasteiger partial charge in [-0.1, -0.05) is 31.9 Å². The van der Waals surface area contributed by atoms with Crippen LogP contribution in [0, 0.1) is 4.77 Å². The van der Waals surface area contributed by atoms with Gasteiger partial charge in [-0.3, -0.25) is 9.67 Å². The van der Waals surface area contributed by atoms with Crippen molar-refractivity contribution < 1.29 is 0 Å². The Hall–Kier alpha value is -0.460. The van der Waals surface area contributed by atoms with Crippen LogP contribution in [-0.2, 0) is 5.54 Å². The average Bonchev–Trinajstić information content (AvgIpc) is 2.63. The van der Waals surface area contributed by atoms with Gasteiger partial charge in [0.15, 0.2) is 10.6 Å². The molecule has 0 fully saturated rings. The highest BCUT2D eigenvalue weighted by atomic mass is 79.9. The Bertz CT molecular complexity index is 638. The molecule has 0 amide bonds. The van der Waals surface area contributed by atoms with Gasteiger partial charge in [0.25, 0.3) is 0 Å². The third-order valence-corrected chi connectivity index (χ3v) is 3.97. The molecule has 6 heteroatoms. The molecule has 0 unspecified atom stereocenters. The van der Waals surface area contributed by atoms with E-state index in [9.17, 15) is 0 Å². The monoisotopic (exact) mass is 389 g/mol. The summed E-state index contributed by atoms with van der Waals surface area (Å²) in [5.74, 6) is 0.834. The molecule has 0 aliphatic carbocycles. The van der Waals surface area contributed by atoms with E-state index in [1.165, 1.54) is 0 Å². The first-order valence-corrected chi connectivity index (χ1v) is 7.43. The quantitative estimate of drug-likeness (QED) is 0.703. The second-order valence-electron chi connectivity index (χ2n) is 4.98. The molecule has 2 aromatic rings. The fourth-order valence-corrected chi connectivity index (χ4v) is 2.96. The van der Waals surface area contributed by atoms with Crippen LogP contribution in [-0.4, -0.2) is 14.8 Å². The summed E-state index contributed by atoms with van der Waals surface area (Å²) in [6.07, 6.45) is 0. The minimum atomic E-state index is -0.124. The Labute approximate surface area is 128 Å². The van der Waals surface area contributed by atoms with Gasteiger partial charge in [-0.2, -0.15) is 5.10 Å². The number of rotatable bonds is 1. The topological polar surface area (TPSA) is 33.6 Å². The van der Waals surface area contributed by atoms with Crippen LogP contribution in [0.3, 0.4) is 0 Å². The Balaban J connectivity index is 2.73. The fourth-order valence-electron chi connectivity index (χ4n) is 1.77. The van der Waals surface area contributed by atoms with E-state index in [1.54, 1.807) is 0 Å². The molecule has 0 saturated carbocycles. The molecule has 1 heterocycles. The molecule has 2 rings (SSSR count). The summed E-state index contributed by atoms with van der Waals surface area (Å²) in [6.45, 7) is 6.31. The minimum Gasteiger partial charge on any atom is -0.295 e. The molecular formula is C12H13Br2N3S. The average molecular weight is 391 g/mol. The summed E-state index contributed by atoms with van der Waals surface area (Å²) >= 11 is 12.4. The van der Waals surface area contributed by atoms with Crippen molar-refractivity contribution in [2.45, 2.75) is 26.3 Å². The smallest absolute Gasteiger partial charge is 0.195 e. The third-order valence-electron chi connectivity index (χ3n) is 2.51. The van der Waals surface area contributed by atoms with Gasteiger partial charge in [0.05, 0.1) is 0 Å². The maximum atomic E-state index is 5.31. The summed E-state index contributed by atoms with van der Waals surface area (Å²) in [5.41, 5.74) is 0.882. The van der Waals surface area contributed by atoms with Gasteiger partial charge >= 0.3 is 0 Å². The van der Waals surface area contributed by atoms with Gasteiger partial charge in [0.2, 0.25) is 0 Å². The molecule has 18 heavy (non-hydrogen) atoms. The SMILES string of the molecule is CC(C)(C)n1c(-c2cc(Br)ccc2Br)n[nH]c1=S.